The van der Waals surface area contributed by atoms with E-state index in [1.165, 1.54) is 0 Å². The van der Waals surface area contributed by atoms with Crippen LogP contribution >= 0.6 is 0 Å². The summed E-state index contributed by atoms with van der Waals surface area (Å²) in [6, 6.07) is 9.85. The van der Waals surface area contributed by atoms with E-state index in [0.29, 0.717) is 0 Å². The van der Waals surface area contributed by atoms with Gasteiger partial charge in [-0.15, -0.1) is 0 Å². The Kier molecular flexibility index (Phi) is 8.40. The maximum Gasteiger partial charge on any atom is 0.243 e. The molecule has 1 rings (SSSR count). The molecule has 0 saturated heterocycles. The van der Waals surface area contributed by atoms with Gasteiger partial charge in [-0.2, -0.15) is 0 Å². The molecule has 1 aromatic carbocycles. The minimum atomic E-state index is -0.0170. The minimum absolute atomic E-state index is 0.0170. The molecule has 0 saturated carbocycles. The van der Waals surface area contributed by atoms with Crippen LogP contribution in [0.1, 0.15) is 32.3 Å². The Balaban J connectivity index is 2.13. The van der Waals surface area contributed by atoms with Crippen LogP contribution in [0.5, 0.6) is 0 Å². The summed E-state index contributed by atoms with van der Waals surface area (Å²) < 4.78 is 0. The Hall–Kier alpha value is -1.61. The van der Waals surface area contributed by atoms with Gasteiger partial charge in [0.15, 0.2) is 0 Å². The molecule has 0 aromatic heterocycles. The van der Waals surface area contributed by atoms with Crippen LogP contribution in [0.4, 0.5) is 0 Å². The predicted molar refractivity (Wildman–Crippen MR) is 85.5 cm³/mol. The molecule has 0 heterocycles. The number of nitrogens with one attached hydrogen (secondary N) is 1. The minimum Gasteiger partial charge on any atom is -0.353 e. The molecule has 3 nitrogen and oxygen atoms in total. The first-order valence-corrected chi connectivity index (χ1v) is 7.49. The lowest BCUT2D eigenvalue weighted by Crippen LogP contribution is -2.26. The third kappa shape index (κ3) is 7.10. The number of amides is 1. The van der Waals surface area contributed by atoms with Crippen LogP contribution in [-0.2, 0) is 4.79 Å². The van der Waals surface area contributed by atoms with Crippen LogP contribution in [-0.4, -0.2) is 37.0 Å². The molecule has 0 unspecified atom stereocenters. The van der Waals surface area contributed by atoms with Gasteiger partial charge < -0.3 is 10.2 Å². The molecule has 0 aliphatic rings. The Labute approximate surface area is 122 Å². The molecule has 110 valence electrons. The molecule has 1 N–H and O–H groups in total. The third-order valence-electron chi connectivity index (χ3n) is 3.32. The molecule has 0 atom stereocenters. The van der Waals surface area contributed by atoms with Gasteiger partial charge in [0.25, 0.3) is 0 Å². The summed E-state index contributed by atoms with van der Waals surface area (Å²) in [4.78, 5) is 14.0. The van der Waals surface area contributed by atoms with Crippen molar-refractivity contribution in [2.45, 2.75) is 26.7 Å². The summed E-state index contributed by atoms with van der Waals surface area (Å²) in [7, 11) is 0. The average molecular weight is 274 g/mol. The highest BCUT2D eigenvalue weighted by Crippen LogP contribution is 2.00. The van der Waals surface area contributed by atoms with Crippen molar-refractivity contribution in [1.29, 1.82) is 0 Å². The van der Waals surface area contributed by atoms with Gasteiger partial charge in [-0.1, -0.05) is 44.2 Å². The monoisotopic (exact) mass is 274 g/mol. The second-order valence-electron chi connectivity index (χ2n) is 4.77. The highest BCUT2D eigenvalue weighted by Gasteiger charge is 1.99. The van der Waals surface area contributed by atoms with Crippen LogP contribution in [0.15, 0.2) is 36.4 Å². The van der Waals surface area contributed by atoms with E-state index in [1.807, 2.05) is 36.4 Å². The first-order chi connectivity index (χ1) is 9.76. The fourth-order valence-electron chi connectivity index (χ4n) is 2.01. The molecule has 0 radical (unpaired) electrons. The number of hydrogen-bond acceptors (Lipinski definition) is 2. The van der Waals surface area contributed by atoms with Crippen LogP contribution in [0, 0.1) is 0 Å². The summed E-state index contributed by atoms with van der Waals surface area (Å²) in [5.74, 6) is -0.0170. The van der Waals surface area contributed by atoms with Crippen molar-refractivity contribution in [3.63, 3.8) is 0 Å². The van der Waals surface area contributed by atoms with E-state index in [0.717, 1.165) is 44.6 Å². The van der Waals surface area contributed by atoms with Crippen molar-refractivity contribution >= 4 is 12.0 Å². The van der Waals surface area contributed by atoms with Gasteiger partial charge in [-0.3, -0.25) is 4.79 Å². The number of hydrogen-bond donors (Lipinski definition) is 1. The van der Waals surface area contributed by atoms with E-state index < -0.39 is 0 Å². The first-order valence-electron chi connectivity index (χ1n) is 7.49. The maximum atomic E-state index is 11.6. The summed E-state index contributed by atoms with van der Waals surface area (Å²) in [5, 5.41) is 2.92. The summed E-state index contributed by atoms with van der Waals surface area (Å²) in [6.45, 7) is 8.42. The standard InChI is InChI=1S/C17H26N2O/c1-3-19(4-2)15-9-8-14-18-17(20)13-12-16-10-6-5-7-11-16/h5-7,10-13H,3-4,8-9,14-15H2,1-2H3,(H,18,20)/b13-12+. The molecule has 0 aliphatic carbocycles. The van der Waals surface area contributed by atoms with E-state index in [2.05, 4.69) is 24.1 Å². The Bertz CT molecular complexity index is 397. The third-order valence-corrected chi connectivity index (χ3v) is 3.32. The van der Waals surface area contributed by atoms with Crippen molar-refractivity contribution in [2.75, 3.05) is 26.2 Å². The summed E-state index contributed by atoms with van der Waals surface area (Å²) in [5.41, 5.74) is 1.05. The van der Waals surface area contributed by atoms with Crippen molar-refractivity contribution in [2.24, 2.45) is 0 Å². The first kappa shape index (κ1) is 16.4. The molecule has 20 heavy (non-hydrogen) atoms. The van der Waals surface area contributed by atoms with E-state index in [1.54, 1.807) is 6.08 Å². The fourth-order valence-corrected chi connectivity index (χ4v) is 2.01. The highest BCUT2D eigenvalue weighted by atomic mass is 16.1. The SMILES string of the molecule is CCN(CC)CCCCNC(=O)/C=C/c1ccccc1. The molecule has 0 fully saturated rings. The molecular weight excluding hydrogens is 248 g/mol. The van der Waals surface area contributed by atoms with Crippen molar-refractivity contribution in [3.05, 3.63) is 42.0 Å². The average Bonchev–Trinajstić information content (AvgIpc) is 2.50. The fraction of sp³-hybridized carbons (Fsp3) is 0.471. The zero-order chi connectivity index (χ0) is 14.6. The van der Waals surface area contributed by atoms with E-state index in [-0.39, 0.29) is 5.91 Å². The quantitative estimate of drug-likeness (QED) is 0.554. The van der Waals surface area contributed by atoms with Gasteiger partial charge in [0.1, 0.15) is 0 Å². The molecule has 0 spiro atoms. The smallest absolute Gasteiger partial charge is 0.243 e. The maximum absolute atomic E-state index is 11.6. The van der Waals surface area contributed by atoms with E-state index in [4.69, 9.17) is 0 Å². The van der Waals surface area contributed by atoms with Gasteiger partial charge >= 0.3 is 0 Å². The predicted octanol–water partition coefficient (Wildman–Crippen LogP) is 2.94. The van der Waals surface area contributed by atoms with Gasteiger partial charge in [0.2, 0.25) is 5.91 Å². The molecular formula is C17H26N2O. The normalized spacial score (nSPS) is 11.2. The number of carbonyl (C=O) groups is 1. The molecule has 3 heteroatoms. The Morgan fingerprint density at radius 2 is 1.85 bits per heavy atom. The van der Waals surface area contributed by atoms with Crippen LogP contribution in [0.25, 0.3) is 6.08 Å². The molecule has 0 aliphatic heterocycles. The van der Waals surface area contributed by atoms with E-state index in [9.17, 15) is 4.79 Å². The second-order valence-corrected chi connectivity index (χ2v) is 4.77. The van der Waals surface area contributed by atoms with Gasteiger partial charge in [0, 0.05) is 12.6 Å². The number of nitrogens with zero attached hydrogens (tertiary/aromatic N) is 1. The lowest BCUT2D eigenvalue weighted by molar-refractivity contribution is -0.116. The van der Waals surface area contributed by atoms with Crippen LogP contribution < -0.4 is 5.32 Å². The number of unbranched alkanes of at least 4 members (excludes halogenated alkanes) is 1. The van der Waals surface area contributed by atoms with Crippen LogP contribution in [0.3, 0.4) is 0 Å². The Morgan fingerprint density at radius 1 is 1.15 bits per heavy atom. The second kappa shape index (κ2) is 10.2. The lowest BCUT2D eigenvalue weighted by atomic mass is 10.2. The van der Waals surface area contributed by atoms with Gasteiger partial charge in [-0.05, 0) is 44.1 Å². The molecule has 0 bridgehead atoms. The zero-order valence-corrected chi connectivity index (χ0v) is 12.6. The van der Waals surface area contributed by atoms with Gasteiger partial charge in [0.05, 0.1) is 0 Å². The number of benzene rings is 1. The lowest BCUT2D eigenvalue weighted by Gasteiger charge is -2.17. The largest absolute Gasteiger partial charge is 0.353 e. The number of carbonyl (C=O) groups excluding carboxylic acids is 1. The Morgan fingerprint density at radius 3 is 2.50 bits per heavy atom. The zero-order valence-electron chi connectivity index (χ0n) is 12.6. The van der Waals surface area contributed by atoms with Gasteiger partial charge in [-0.25, -0.2) is 0 Å². The van der Waals surface area contributed by atoms with Crippen molar-refractivity contribution < 1.29 is 4.79 Å². The molecule has 1 amide bonds. The highest BCUT2D eigenvalue weighted by molar-refractivity contribution is 5.91. The van der Waals surface area contributed by atoms with Crippen LogP contribution in [0.2, 0.25) is 0 Å². The summed E-state index contributed by atoms with van der Waals surface area (Å²) >= 11 is 0. The number of rotatable bonds is 9. The van der Waals surface area contributed by atoms with E-state index >= 15 is 0 Å². The molecule has 1 aromatic rings. The summed E-state index contributed by atoms with van der Waals surface area (Å²) in [6.07, 6.45) is 5.59. The topological polar surface area (TPSA) is 32.3 Å². The van der Waals surface area contributed by atoms with Crippen molar-refractivity contribution in [1.82, 2.24) is 10.2 Å². The van der Waals surface area contributed by atoms with Crippen molar-refractivity contribution in [3.8, 4) is 0 Å².